The summed E-state index contributed by atoms with van der Waals surface area (Å²) in [5.74, 6) is -0.603. The van der Waals surface area contributed by atoms with E-state index in [9.17, 15) is 4.39 Å². The van der Waals surface area contributed by atoms with E-state index in [1.165, 1.54) is 24.3 Å². The number of hydrogen-bond acceptors (Lipinski definition) is 2. The second-order valence-electron chi connectivity index (χ2n) is 2.29. The van der Waals surface area contributed by atoms with E-state index in [-0.39, 0.29) is 12.4 Å². The van der Waals surface area contributed by atoms with Crippen LogP contribution in [0.5, 0.6) is 5.75 Å². The first-order valence-corrected chi connectivity index (χ1v) is 3.50. The molecule has 0 saturated carbocycles. The van der Waals surface area contributed by atoms with Crippen molar-refractivity contribution in [1.29, 1.82) is 0 Å². The molecule has 0 heterocycles. The Morgan fingerprint density at radius 2 is 2.17 bits per heavy atom. The van der Waals surface area contributed by atoms with Crippen molar-refractivity contribution in [2.24, 2.45) is 0 Å². The van der Waals surface area contributed by atoms with Crippen LogP contribution in [0.2, 0.25) is 0 Å². The normalized spacial score (nSPS) is 10.8. The van der Waals surface area contributed by atoms with Crippen molar-refractivity contribution in [1.82, 2.24) is 0 Å². The number of aliphatic hydroxyl groups excluding tert-OH is 1. The van der Waals surface area contributed by atoms with Crippen molar-refractivity contribution < 1.29 is 14.6 Å². The fraction of sp³-hybridized carbons (Fsp3) is 0.111. The van der Waals surface area contributed by atoms with Crippen molar-refractivity contribution in [2.75, 3.05) is 6.61 Å². The molecular formula is C9H9FO2. The summed E-state index contributed by atoms with van der Waals surface area (Å²) in [6, 6.07) is 3.86. The van der Waals surface area contributed by atoms with Gasteiger partial charge in [0, 0.05) is 11.6 Å². The Bertz CT molecular complexity index is 295. The molecule has 0 aliphatic heterocycles. The third kappa shape index (κ3) is 2.07. The molecule has 0 amide bonds. The van der Waals surface area contributed by atoms with Gasteiger partial charge in [-0.3, -0.25) is 0 Å². The van der Waals surface area contributed by atoms with Crippen molar-refractivity contribution in [2.45, 2.75) is 0 Å². The summed E-state index contributed by atoms with van der Waals surface area (Å²) in [5, 5.41) is 17.3. The van der Waals surface area contributed by atoms with Crippen LogP contribution in [-0.2, 0) is 0 Å². The molecule has 3 heteroatoms. The van der Waals surface area contributed by atoms with Gasteiger partial charge in [0.25, 0.3) is 0 Å². The third-order valence-electron chi connectivity index (χ3n) is 1.39. The molecule has 1 rings (SSSR count). The van der Waals surface area contributed by atoms with Gasteiger partial charge in [-0.15, -0.1) is 0 Å². The molecule has 0 aliphatic rings. The van der Waals surface area contributed by atoms with Crippen LogP contribution in [-0.4, -0.2) is 16.8 Å². The van der Waals surface area contributed by atoms with E-state index in [1.54, 1.807) is 0 Å². The summed E-state index contributed by atoms with van der Waals surface area (Å²) in [5.41, 5.74) is 0.349. The highest BCUT2D eigenvalue weighted by Gasteiger charge is 1.98. The lowest BCUT2D eigenvalue weighted by Crippen LogP contribution is -1.81. The van der Waals surface area contributed by atoms with Gasteiger partial charge >= 0.3 is 0 Å². The van der Waals surface area contributed by atoms with E-state index >= 15 is 0 Å². The minimum Gasteiger partial charge on any atom is -0.508 e. The fourth-order valence-electron chi connectivity index (χ4n) is 0.831. The number of aliphatic hydroxyl groups is 1. The summed E-state index contributed by atoms with van der Waals surface area (Å²) >= 11 is 0. The molecule has 1 aromatic rings. The first kappa shape index (κ1) is 8.74. The van der Waals surface area contributed by atoms with Crippen LogP contribution < -0.4 is 0 Å². The van der Waals surface area contributed by atoms with E-state index < -0.39 is 5.82 Å². The van der Waals surface area contributed by atoms with Crippen LogP contribution in [0.15, 0.2) is 24.3 Å². The predicted molar refractivity (Wildman–Crippen MR) is 44.2 cm³/mol. The standard InChI is InChI=1S/C9H9FO2/c10-9-6-8(12)4-3-7(9)2-1-5-11/h1-4,6,11-12H,5H2. The van der Waals surface area contributed by atoms with Crippen LogP contribution >= 0.6 is 0 Å². The second kappa shape index (κ2) is 3.88. The van der Waals surface area contributed by atoms with E-state index in [0.29, 0.717) is 5.56 Å². The molecule has 0 aromatic heterocycles. The Balaban J connectivity index is 2.94. The van der Waals surface area contributed by atoms with E-state index in [4.69, 9.17) is 10.2 Å². The van der Waals surface area contributed by atoms with Crippen LogP contribution in [0.1, 0.15) is 5.56 Å². The molecule has 12 heavy (non-hydrogen) atoms. The summed E-state index contributed by atoms with van der Waals surface area (Å²) in [4.78, 5) is 0. The van der Waals surface area contributed by atoms with E-state index in [1.807, 2.05) is 0 Å². The second-order valence-corrected chi connectivity index (χ2v) is 2.29. The third-order valence-corrected chi connectivity index (χ3v) is 1.39. The molecule has 64 valence electrons. The zero-order valence-electron chi connectivity index (χ0n) is 6.37. The molecule has 0 atom stereocenters. The van der Waals surface area contributed by atoms with Crippen LogP contribution in [0, 0.1) is 5.82 Å². The summed E-state index contributed by atoms with van der Waals surface area (Å²) in [7, 11) is 0. The lowest BCUT2D eigenvalue weighted by molar-refractivity contribution is 0.343. The molecule has 2 N–H and O–H groups in total. The number of phenolic OH excluding ortho intramolecular Hbond substituents is 1. The maximum absolute atomic E-state index is 12.9. The average molecular weight is 168 g/mol. The number of phenols is 1. The first-order valence-electron chi connectivity index (χ1n) is 3.50. The van der Waals surface area contributed by atoms with Crippen LogP contribution in [0.3, 0.4) is 0 Å². The van der Waals surface area contributed by atoms with Crippen molar-refractivity contribution >= 4 is 6.08 Å². The van der Waals surface area contributed by atoms with Gasteiger partial charge in [-0.1, -0.05) is 12.2 Å². The average Bonchev–Trinajstić information content (AvgIpc) is 2.03. The molecule has 0 unspecified atom stereocenters. The van der Waals surface area contributed by atoms with Crippen molar-refractivity contribution in [3.63, 3.8) is 0 Å². The molecule has 2 nitrogen and oxygen atoms in total. The minimum absolute atomic E-state index is 0.103. The molecule has 0 fully saturated rings. The smallest absolute Gasteiger partial charge is 0.134 e. The highest BCUT2D eigenvalue weighted by molar-refractivity contribution is 5.51. The van der Waals surface area contributed by atoms with Gasteiger partial charge in [-0.05, 0) is 12.1 Å². The number of aromatic hydroxyl groups is 1. The van der Waals surface area contributed by atoms with Gasteiger partial charge in [-0.2, -0.15) is 0 Å². The molecule has 0 saturated heterocycles. The molecule has 0 spiro atoms. The fourth-order valence-corrected chi connectivity index (χ4v) is 0.831. The van der Waals surface area contributed by atoms with E-state index in [2.05, 4.69) is 0 Å². The van der Waals surface area contributed by atoms with Gasteiger partial charge in [0.2, 0.25) is 0 Å². The summed E-state index contributed by atoms with van der Waals surface area (Å²) < 4.78 is 12.9. The first-order chi connectivity index (χ1) is 5.74. The van der Waals surface area contributed by atoms with E-state index in [0.717, 1.165) is 6.07 Å². The number of hydrogen-bond donors (Lipinski definition) is 2. The highest BCUT2D eigenvalue weighted by Crippen LogP contribution is 2.15. The quantitative estimate of drug-likeness (QED) is 0.703. The maximum atomic E-state index is 12.9. The zero-order chi connectivity index (χ0) is 8.97. The lowest BCUT2D eigenvalue weighted by atomic mass is 10.2. The summed E-state index contributed by atoms with van der Waals surface area (Å²) in [6.45, 7) is -0.125. The minimum atomic E-state index is -0.500. The van der Waals surface area contributed by atoms with Gasteiger partial charge < -0.3 is 10.2 Å². The molecule has 1 aromatic carbocycles. The summed E-state index contributed by atoms with van der Waals surface area (Å²) in [6.07, 6.45) is 2.88. The van der Waals surface area contributed by atoms with Crippen molar-refractivity contribution in [3.05, 3.63) is 35.7 Å². The number of rotatable bonds is 2. The Morgan fingerprint density at radius 1 is 1.42 bits per heavy atom. The zero-order valence-corrected chi connectivity index (χ0v) is 6.37. The van der Waals surface area contributed by atoms with Crippen LogP contribution in [0.4, 0.5) is 4.39 Å². The molecule has 0 radical (unpaired) electrons. The lowest BCUT2D eigenvalue weighted by Gasteiger charge is -1.96. The Kier molecular flexibility index (Phi) is 2.82. The molecule has 0 bridgehead atoms. The van der Waals surface area contributed by atoms with Crippen molar-refractivity contribution in [3.8, 4) is 5.75 Å². The van der Waals surface area contributed by atoms with Gasteiger partial charge in [0.05, 0.1) is 6.61 Å². The molecule has 0 aliphatic carbocycles. The largest absolute Gasteiger partial charge is 0.508 e. The SMILES string of the molecule is OCC=Cc1ccc(O)cc1F. The van der Waals surface area contributed by atoms with Crippen LogP contribution in [0.25, 0.3) is 6.08 Å². The highest BCUT2D eigenvalue weighted by atomic mass is 19.1. The Morgan fingerprint density at radius 3 is 2.75 bits per heavy atom. The van der Waals surface area contributed by atoms with Gasteiger partial charge in [0.15, 0.2) is 0 Å². The number of benzene rings is 1. The topological polar surface area (TPSA) is 40.5 Å². The van der Waals surface area contributed by atoms with Gasteiger partial charge in [-0.25, -0.2) is 4.39 Å². The maximum Gasteiger partial charge on any atom is 0.134 e. The predicted octanol–water partition coefficient (Wildman–Crippen LogP) is 1.54. The monoisotopic (exact) mass is 168 g/mol. The number of halogens is 1. The Hall–Kier alpha value is -1.35. The van der Waals surface area contributed by atoms with Gasteiger partial charge in [0.1, 0.15) is 11.6 Å². The molecular weight excluding hydrogens is 159 g/mol. The Labute approximate surface area is 69.6 Å².